The van der Waals surface area contributed by atoms with E-state index in [0.717, 1.165) is 13.0 Å². The summed E-state index contributed by atoms with van der Waals surface area (Å²) < 4.78 is 3.10. The average Bonchev–Trinajstić information content (AvgIpc) is 2.93. The summed E-state index contributed by atoms with van der Waals surface area (Å²) in [6, 6.07) is 9.13. The Hall–Kier alpha value is -1.13. The van der Waals surface area contributed by atoms with Crippen molar-refractivity contribution in [2.24, 2.45) is 7.05 Å². The minimum Gasteiger partial charge on any atom is -0.304 e. The van der Waals surface area contributed by atoms with Crippen LogP contribution in [0.15, 0.2) is 34.9 Å². The standard InChI is InChI=1S/C14H16BrN3/c1-18-12(6-7-17-18)9-16-14-5-2-10-8-11(15)3-4-13(10)14/h3-4,6-8,14,16H,2,5,9H2,1H3. The van der Waals surface area contributed by atoms with Crippen molar-refractivity contribution in [3.05, 3.63) is 51.8 Å². The van der Waals surface area contributed by atoms with Crippen LogP contribution < -0.4 is 5.32 Å². The first-order valence-corrected chi connectivity index (χ1v) is 7.02. The van der Waals surface area contributed by atoms with E-state index in [-0.39, 0.29) is 0 Å². The van der Waals surface area contributed by atoms with E-state index in [2.05, 4.69) is 50.6 Å². The Kier molecular flexibility index (Phi) is 3.22. The second-order valence-corrected chi connectivity index (χ2v) is 5.68. The van der Waals surface area contributed by atoms with E-state index in [9.17, 15) is 0 Å². The molecule has 18 heavy (non-hydrogen) atoms. The molecule has 1 aromatic heterocycles. The number of fused-ring (bicyclic) bond motifs is 1. The van der Waals surface area contributed by atoms with Gasteiger partial charge in [0.2, 0.25) is 0 Å². The molecule has 0 spiro atoms. The van der Waals surface area contributed by atoms with Gasteiger partial charge in [0.1, 0.15) is 0 Å². The van der Waals surface area contributed by atoms with Gasteiger partial charge in [0, 0.05) is 30.3 Å². The van der Waals surface area contributed by atoms with Crippen LogP contribution in [-0.2, 0) is 20.0 Å². The van der Waals surface area contributed by atoms with Gasteiger partial charge in [0.25, 0.3) is 0 Å². The molecule has 0 radical (unpaired) electrons. The van der Waals surface area contributed by atoms with Crippen molar-refractivity contribution in [3.63, 3.8) is 0 Å². The summed E-state index contributed by atoms with van der Waals surface area (Å²) in [7, 11) is 1.98. The van der Waals surface area contributed by atoms with Crippen molar-refractivity contribution < 1.29 is 0 Å². The number of benzene rings is 1. The molecular formula is C14H16BrN3. The maximum absolute atomic E-state index is 4.19. The molecule has 3 nitrogen and oxygen atoms in total. The van der Waals surface area contributed by atoms with Gasteiger partial charge in [-0.2, -0.15) is 5.10 Å². The largest absolute Gasteiger partial charge is 0.304 e. The summed E-state index contributed by atoms with van der Waals surface area (Å²) in [6.45, 7) is 0.872. The number of hydrogen-bond acceptors (Lipinski definition) is 2. The molecule has 0 aliphatic heterocycles. The fourth-order valence-corrected chi connectivity index (χ4v) is 3.01. The number of halogens is 1. The maximum atomic E-state index is 4.19. The van der Waals surface area contributed by atoms with Gasteiger partial charge in [-0.25, -0.2) is 0 Å². The van der Waals surface area contributed by atoms with Gasteiger partial charge in [0.15, 0.2) is 0 Å². The highest BCUT2D eigenvalue weighted by molar-refractivity contribution is 9.10. The molecule has 3 rings (SSSR count). The Bertz CT molecular complexity index is 562. The summed E-state index contributed by atoms with van der Waals surface area (Å²) in [5.41, 5.74) is 4.13. The van der Waals surface area contributed by atoms with Crippen molar-refractivity contribution in [2.45, 2.75) is 25.4 Å². The molecule has 1 N–H and O–H groups in total. The third-order valence-electron chi connectivity index (χ3n) is 3.63. The first kappa shape index (κ1) is 11.9. The monoisotopic (exact) mass is 305 g/mol. The summed E-state index contributed by atoms with van der Waals surface area (Å²) in [4.78, 5) is 0. The Morgan fingerprint density at radius 2 is 2.33 bits per heavy atom. The molecule has 1 atom stereocenters. The topological polar surface area (TPSA) is 29.9 Å². The molecule has 0 saturated heterocycles. The molecule has 1 aliphatic rings. The predicted molar refractivity (Wildman–Crippen MR) is 75.3 cm³/mol. The second kappa shape index (κ2) is 4.86. The van der Waals surface area contributed by atoms with Gasteiger partial charge in [0.05, 0.1) is 5.69 Å². The zero-order chi connectivity index (χ0) is 12.5. The summed E-state index contributed by atoms with van der Waals surface area (Å²) >= 11 is 3.53. The first-order valence-electron chi connectivity index (χ1n) is 6.22. The zero-order valence-corrected chi connectivity index (χ0v) is 11.9. The quantitative estimate of drug-likeness (QED) is 0.945. The molecular weight excluding hydrogens is 290 g/mol. The molecule has 0 bridgehead atoms. The number of nitrogens with zero attached hydrogens (tertiary/aromatic N) is 2. The number of nitrogens with one attached hydrogen (secondary N) is 1. The lowest BCUT2D eigenvalue weighted by Gasteiger charge is -2.14. The van der Waals surface area contributed by atoms with Crippen LogP contribution in [0.3, 0.4) is 0 Å². The third-order valence-corrected chi connectivity index (χ3v) is 4.13. The van der Waals surface area contributed by atoms with E-state index in [1.54, 1.807) is 0 Å². The summed E-state index contributed by atoms with van der Waals surface area (Å²) in [5, 5.41) is 7.81. The third kappa shape index (κ3) is 2.22. The van der Waals surface area contributed by atoms with Crippen molar-refractivity contribution in [1.29, 1.82) is 0 Å². The minimum atomic E-state index is 0.475. The van der Waals surface area contributed by atoms with Crippen molar-refractivity contribution in [3.8, 4) is 0 Å². The van der Waals surface area contributed by atoms with Gasteiger partial charge in [-0.05, 0) is 42.2 Å². The molecule has 0 fully saturated rings. The maximum Gasteiger partial charge on any atom is 0.0518 e. The van der Waals surface area contributed by atoms with E-state index >= 15 is 0 Å². The van der Waals surface area contributed by atoms with Crippen LogP contribution in [0.5, 0.6) is 0 Å². The highest BCUT2D eigenvalue weighted by Gasteiger charge is 2.22. The van der Waals surface area contributed by atoms with Gasteiger partial charge in [-0.15, -0.1) is 0 Å². The fraction of sp³-hybridized carbons (Fsp3) is 0.357. The van der Waals surface area contributed by atoms with Crippen LogP contribution in [-0.4, -0.2) is 9.78 Å². The van der Waals surface area contributed by atoms with Crippen LogP contribution >= 0.6 is 15.9 Å². The van der Waals surface area contributed by atoms with Gasteiger partial charge in [-0.1, -0.05) is 22.0 Å². The molecule has 1 unspecified atom stereocenters. The van der Waals surface area contributed by atoms with E-state index in [0.29, 0.717) is 6.04 Å². The summed E-state index contributed by atoms with van der Waals surface area (Å²) in [5.74, 6) is 0. The molecule has 94 valence electrons. The van der Waals surface area contributed by atoms with Crippen LogP contribution in [0.1, 0.15) is 29.3 Å². The molecule has 1 aliphatic carbocycles. The minimum absolute atomic E-state index is 0.475. The molecule has 1 heterocycles. The van der Waals surface area contributed by atoms with Gasteiger partial charge < -0.3 is 5.32 Å². The Labute approximate surface area is 115 Å². The lowest BCUT2D eigenvalue weighted by molar-refractivity contribution is 0.512. The average molecular weight is 306 g/mol. The SMILES string of the molecule is Cn1nccc1CNC1CCc2cc(Br)ccc21. The fourth-order valence-electron chi connectivity index (χ4n) is 2.60. The van der Waals surface area contributed by atoms with Crippen LogP contribution in [0, 0.1) is 0 Å². The van der Waals surface area contributed by atoms with E-state index in [4.69, 9.17) is 0 Å². The molecule has 0 saturated carbocycles. The van der Waals surface area contributed by atoms with Crippen LogP contribution in [0.25, 0.3) is 0 Å². The molecule has 2 aromatic rings. The number of hydrogen-bond donors (Lipinski definition) is 1. The smallest absolute Gasteiger partial charge is 0.0518 e. The van der Waals surface area contributed by atoms with E-state index in [1.165, 1.54) is 27.7 Å². The normalized spacial score (nSPS) is 18.0. The number of rotatable bonds is 3. The van der Waals surface area contributed by atoms with E-state index in [1.807, 2.05) is 17.9 Å². The molecule has 4 heteroatoms. The number of aromatic nitrogens is 2. The number of aryl methyl sites for hydroxylation is 2. The van der Waals surface area contributed by atoms with E-state index < -0.39 is 0 Å². The van der Waals surface area contributed by atoms with Gasteiger partial charge >= 0.3 is 0 Å². The second-order valence-electron chi connectivity index (χ2n) is 4.76. The Balaban J connectivity index is 1.71. The Morgan fingerprint density at radius 3 is 3.11 bits per heavy atom. The van der Waals surface area contributed by atoms with Crippen molar-refractivity contribution >= 4 is 15.9 Å². The first-order chi connectivity index (χ1) is 8.74. The highest BCUT2D eigenvalue weighted by Crippen LogP contribution is 2.33. The molecule has 1 aromatic carbocycles. The lowest BCUT2D eigenvalue weighted by Crippen LogP contribution is -2.20. The van der Waals surface area contributed by atoms with Crippen LogP contribution in [0.4, 0.5) is 0 Å². The predicted octanol–water partition coefficient (Wildman–Crippen LogP) is 2.96. The Morgan fingerprint density at radius 1 is 1.44 bits per heavy atom. The molecule has 0 amide bonds. The highest BCUT2D eigenvalue weighted by atomic mass is 79.9. The zero-order valence-electron chi connectivity index (χ0n) is 10.4. The van der Waals surface area contributed by atoms with Crippen LogP contribution in [0.2, 0.25) is 0 Å². The van der Waals surface area contributed by atoms with Crippen molar-refractivity contribution in [2.75, 3.05) is 0 Å². The van der Waals surface area contributed by atoms with Crippen molar-refractivity contribution in [1.82, 2.24) is 15.1 Å². The summed E-state index contributed by atoms with van der Waals surface area (Å²) in [6.07, 6.45) is 4.19. The lowest BCUT2D eigenvalue weighted by atomic mass is 10.1. The van der Waals surface area contributed by atoms with Gasteiger partial charge in [-0.3, -0.25) is 4.68 Å².